The van der Waals surface area contributed by atoms with Gasteiger partial charge in [-0.25, -0.2) is 4.79 Å². The molecule has 2 aromatic carbocycles. The Kier molecular flexibility index (Phi) is 5.65. The number of amides is 3. The van der Waals surface area contributed by atoms with Crippen LogP contribution < -0.4 is 11.1 Å². The monoisotopic (exact) mass is 434 g/mol. The molecule has 1 aliphatic carbocycles. The number of urea groups is 1. The normalized spacial score (nSPS) is 23.6. The Morgan fingerprint density at radius 2 is 1.84 bits per heavy atom. The van der Waals surface area contributed by atoms with Crippen LogP contribution in [-0.2, 0) is 6.54 Å². The van der Waals surface area contributed by atoms with Gasteiger partial charge in [0.25, 0.3) is 5.91 Å². The van der Waals surface area contributed by atoms with Gasteiger partial charge < -0.3 is 20.9 Å². The number of nitrogens with two attached hydrogens (primary N) is 1. The smallest absolute Gasteiger partial charge is 0.321 e. The number of nitrogens with zero attached hydrogens (tertiary/aromatic N) is 2. The van der Waals surface area contributed by atoms with Crippen molar-refractivity contribution in [3.63, 3.8) is 0 Å². The van der Waals surface area contributed by atoms with Crippen LogP contribution in [0.2, 0.25) is 0 Å². The molecule has 2 atom stereocenters. The number of carbonyl (C=O) groups is 2. The predicted octanol–water partition coefficient (Wildman–Crippen LogP) is 4.97. The number of nitrogen functional groups attached to an aromatic ring is 1. The number of hydrogen-bond acceptors (Lipinski definition) is 3. The minimum Gasteiger partial charge on any atom is -0.399 e. The van der Waals surface area contributed by atoms with E-state index in [0.717, 1.165) is 30.5 Å². The van der Waals surface area contributed by atoms with Gasteiger partial charge in [-0.3, -0.25) is 4.79 Å². The maximum atomic E-state index is 13.3. The molecule has 1 heterocycles. The van der Waals surface area contributed by atoms with E-state index in [2.05, 4.69) is 31.0 Å². The van der Waals surface area contributed by atoms with E-state index < -0.39 is 0 Å². The Balaban J connectivity index is 1.38. The summed E-state index contributed by atoms with van der Waals surface area (Å²) in [5.74, 6) is 0.121. The van der Waals surface area contributed by atoms with E-state index in [0.29, 0.717) is 24.0 Å². The van der Waals surface area contributed by atoms with Crippen molar-refractivity contribution in [3.8, 4) is 0 Å². The lowest BCUT2D eigenvalue weighted by molar-refractivity contribution is 0.0708. The number of benzene rings is 2. The van der Waals surface area contributed by atoms with Crippen molar-refractivity contribution >= 4 is 23.3 Å². The molecule has 2 unspecified atom stereocenters. The van der Waals surface area contributed by atoms with Crippen LogP contribution in [-0.4, -0.2) is 41.4 Å². The van der Waals surface area contributed by atoms with Crippen molar-refractivity contribution in [1.82, 2.24) is 9.80 Å². The zero-order valence-corrected chi connectivity index (χ0v) is 19.5. The van der Waals surface area contributed by atoms with Crippen LogP contribution in [0.4, 0.5) is 16.2 Å². The molecule has 6 heteroatoms. The van der Waals surface area contributed by atoms with E-state index in [1.165, 1.54) is 6.42 Å². The Morgan fingerprint density at radius 1 is 1.12 bits per heavy atom. The third-order valence-corrected chi connectivity index (χ3v) is 6.78. The van der Waals surface area contributed by atoms with Crippen molar-refractivity contribution < 1.29 is 9.59 Å². The minimum atomic E-state index is -0.212. The highest BCUT2D eigenvalue weighted by molar-refractivity contribution is 5.95. The summed E-state index contributed by atoms with van der Waals surface area (Å²) >= 11 is 0. The summed E-state index contributed by atoms with van der Waals surface area (Å²) in [6, 6.07) is 14.9. The number of carbonyl (C=O) groups excluding carboxylic acids is 2. The number of rotatable bonds is 4. The molecule has 2 bridgehead atoms. The van der Waals surface area contributed by atoms with Crippen molar-refractivity contribution in [2.75, 3.05) is 24.6 Å². The second-order valence-corrected chi connectivity index (χ2v) is 10.8. The summed E-state index contributed by atoms with van der Waals surface area (Å²) in [4.78, 5) is 29.4. The molecule has 6 nitrogen and oxygen atoms in total. The molecule has 170 valence electrons. The summed E-state index contributed by atoms with van der Waals surface area (Å²) in [6.07, 6.45) is 3.34. The predicted molar refractivity (Wildman–Crippen MR) is 128 cm³/mol. The van der Waals surface area contributed by atoms with Gasteiger partial charge in [-0.1, -0.05) is 39.0 Å². The van der Waals surface area contributed by atoms with Crippen molar-refractivity contribution in [2.24, 2.45) is 10.8 Å². The molecule has 32 heavy (non-hydrogen) atoms. The molecule has 0 radical (unpaired) electrons. The van der Waals surface area contributed by atoms with Gasteiger partial charge in [-0.15, -0.1) is 0 Å². The molecule has 1 saturated heterocycles. The summed E-state index contributed by atoms with van der Waals surface area (Å²) in [7, 11) is 1.74. The molecule has 1 saturated carbocycles. The number of anilines is 2. The Bertz CT molecular complexity index is 1020. The van der Waals surface area contributed by atoms with Crippen LogP contribution in [0.3, 0.4) is 0 Å². The molecule has 2 fully saturated rings. The van der Waals surface area contributed by atoms with E-state index >= 15 is 0 Å². The first-order chi connectivity index (χ1) is 15.0. The number of fused-ring (bicyclic) bond motifs is 2. The highest BCUT2D eigenvalue weighted by Gasteiger charge is 2.50. The van der Waals surface area contributed by atoms with Gasteiger partial charge in [0.2, 0.25) is 0 Å². The molecular weight excluding hydrogens is 400 g/mol. The molecule has 2 aliphatic rings. The fraction of sp³-hybridized carbons (Fsp3) is 0.462. The quantitative estimate of drug-likeness (QED) is 0.667. The maximum absolute atomic E-state index is 13.3. The van der Waals surface area contributed by atoms with E-state index in [-0.39, 0.29) is 22.8 Å². The van der Waals surface area contributed by atoms with Gasteiger partial charge in [0.05, 0.1) is 0 Å². The molecule has 3 amide bonds. The molecule has 2 aromatic rings. The summed E-state index contributed by atoms with van der Waals surface area (Å²) < 4.78 is 0. The topological polar surface area (TPSA) is 78.7 Å². The highest BCUT2D eigenvalue weighted by Crippen LogP contribution is 2.52. The van der Waals surface area contributed by atoms with Crippen molar-refractivity contribution in [3.05, 3.63) is 59.7 Å². The average molecular weight is 435 g/mol. The second-order valence-electron chi connectivity index (χ2n) is 10.8. The Morgan fingerprint density at radius 3 is 2.53 bits per heavy atom. The van der Waals surface area contributed by atoms with E-state index in [9.17, 15) is 9.59 Å². The maximum Gasteiger partial charge on any atom is 0.321 e. The summed E-state index contributed by atoms with van der Waals surface area (Å²) in [5.41, 5.74) is 9.23. The molecule has 0 aromatic heterocycles. The van der Waals surface area contributed by atoms with Gasteiger partial charge in [0, 0.05) is 43.1 Å². The molecular formula is C26H34N4O2. The van der Waals surface area contributed by atoms with E-state index in [1.807, 2.05) is 24.3 Å². The largest absolute Gasteiger partial charge is 0.399 e. The Hall–Kier alpha value is -3.02. The van der Waals surface area contributed by atoms with Gasteiger partial charge in [-0.05, 0) is 66.0 Å². The third kappa shape index (κ3) is 4.74. The van der Waals surface area contributed by atoms with Crippen LogP contribution in [0.1, 0.15) is 56.0 Å². The molecule has 1 aliphatic heterocycles. The first kappa shape index (κ1) is 22.2. The van der Waals surface area contributed by atoms with Crippen molar-refractivity contribution in [1.29, 1.82) is 0 Å². The first-order valence-corrected chi connectivity index (χ1v) is 11.3. The SMILES string of the molecule is CN(Cc1ccc(C(=O)N2CC3(C)CC2CC(C)(C)C3)cc1)C(=O)Nc1cccc(N)c1. The number of nitrogens with one attached hydrogen (secondary N) is 1. The van der Waals surface area contributed by atoms with E-state index in [1.54, 1.807) is 36.2 Å². The standard InChI is InChI=1S/C26H34N4O2/c1-25(2)13-22-14-26(3,16-25)17-30(22)23(31)19-10-8-18(9-11-19)15-29(4)24(32)28-21-7-5-6-20(27)12-21/h5-12,22H,13-17,27H2,1-4H3,(H,28,32). The molecule has 0 spiro atoms. The van der Waals surface area contributed by atoms with Crippen LogP contribution in [0.5, 0.6) is 0 Å². The lowest BCUT2D eigenvalue weighted by Gasteiger charge is -2.39. The fourth-order valence-electron chi connectivity index (χ4n) is 5.80. The lowest BCUT2D eigenvalue weighted by Crippen LogP contribution is -2.37. The highest BCUT2D eigenvalue weighted by atomic mass is 16.2. The molecule has 3 N–H and O–H groups in total. The van der Waals surface area contributed by atoms with Gasteiger partial charge in [0.15, 0.2) is 0 Å². The Labute approximate surface area is 190 Å². The van der Waals surface area contributed by atoms with E-state index in [4.69, 9.17) is 5.73 Å². The van der Waals surface area contributed by atoms with Crippen LogP contribution in [0.25, 0.3) is 0 Å². The van der Waals surface area contributed by atoms with Crippen molar-refractivity contribution in [2.45, 2.75) is 52.6 Å². The third-order valence-electron chi connectivity index (χ3n) is 6.78. The zero-order chi connectivity index (χ0) is 23.1. The fourth-order valence-corrected chi connectivity index (χ4v) is 5.80. The first-order valence-electron chi connectivity index (χ1n) is 11.3. The minimum absolute atomic E-state index is 0.121. The number of hydrogen-bond donors (Lipinski definition) is 2. The van der Waals surface area contributed by atoms with Gasteiger partial charge in [0.1, 0.15) is 0 Å². The van der Waals surface area contributed by atoms with Gasteiger partial charge >= 0.3 is 6.03 Å². The van der Waals surface area contributed by atoms with Crippen LogP contribution in [0.15, 0.2) is 48.5 Å². The number of likely N-dealkylation sites (tertiary alicyclic amines) is 1. The lowest BCUT2D eigenvalue weighted by atomic mass is 9.65. The molecule has 4 rings (SSSR count). The van der Waals surface area contributed by atoms with Crippen LogP contribution >= 0.6 is 0 Å². The summed E-state index contributed by atoms with van der Waals surface area (Å²) in [5, 5.41) is 2.85. The zero-order valence-electron chi connectivity index (χ0n) is 19.5. The van der Waals surface area contributed by atoms with Crippen LogP contribution in [0, 0.1) is 10.8 Å². The van der Waals surface area contributed by atoms with Gasteiger partial charge in [-0.2, -0.15) is 0 Å². The second kappa shape index (κ2) is 8.15. The average Bonchev–Trinajstić information content (AvgIpc) is 2.96. The summed E-state index contributed by atoms with van der Waals surface area (Å²) in [6.45, 7) is 8.25.